The van der Waals surface area contributed by atoms with Crippen molar-refractivity contribution in [2.45, 2.75) is 44.4 Å². The molecule has 0 heterocycles. The van der Waals surface area contributed by atoms with Crippen molar-refractivity contribution in [1.29, 1.82) is 0 Å². The van der Waals surface area contributed by atoms with E-state index in [0.717, 1.165) is 16.8 Å². The summed E-state index contributed by atoms with van der Waals surface area (Å²) >= 11 is 3.59. The maximum Gasteiger partial charge on any atom is 0.123 e. The molecule has 0 unspecified atom stereocenters. The van der Waals surface area contributed by atoms with E-state index >= 15 is 0 Å². The summed E-state index contributed by atoms with van der Waals surface area (Å²) in [6, 6.07) is 4.30. The van der Waals surface area contributed by atoms with Gasteiger partial charge in [-0.2, -0.15) is 0 Å². The summed E-state index contributed by atoms with van der Waals surface area (Å²) < 4.78 is 6.65. The Morgan fingerprint density at radius 2 is 2.06 bits per heavy atom. The highest BCUT2D eigenvalue weighted by atomic mass is 79.9. The molecule has 1 aliphatic carbocycles. The molecule has 1 aliphatic rings. The van der Waals surface area contributed by atoms with E-state index in [9.17, 15) is 0 Å². The molecule has 100 valence electrons. The number of nitrogens with two attached hydrogens (primary N) is 1. The Hall–Kier alpha value is -0.540. The molecule has 2 nitrogen and oxygen atoms in total. The van der Waals surface area contributed by atoms with Crippen LogP contribution >= 0.6 is 15.9 Å². The quantitative estimate of drug-likeness (QED) is 0.913. The second-order valence-electron chi connectivity index (χ2n) is 5.56. The third-order valence-corrected chi connectivity index (χ3v) is 4.63. The van der Waals surface area contributed by atoms with Crippen LogP contribution < -0.4 is 10.5 Å². The minimum atomic E-state index is 0.177. The van der Waals surface area contributed by atoms with Gasteiger partial charge < -0.3 is 10.5 Å². The van der Waals surface area contributed by atoms with E-state index in [0.29, 0.717) is 5.92 Å². The fraction of sp³-hybridized carbons (Fsp3) is 0.600. The minimum absolute atomic E-state index is 0.177. The molecule has 0 saturated heterocycles. The van der Waals surface area contributed by atoms with Crippen molar-refractivity contribution in [2.24, 2.45) is 5.73 Å². The maximum atomic E-state index is 6.06. The molecule has 0 amide bonds. The monoisotopic (exact) mass is 311 g/mol. The molecule has 0 radical (unpaired) electrons. The highest BCUT2D eigenvalue weighted by molar-refractivity contribution is 9.10. The number of hydrogen-bond acceptors (Lipinski definition) is 2. The second kappa shape index (κ2) is 5.22. The van der Waals surface area contributed by atoms with Crippen LogP contribution in [0.4, 0.5) is 0 Å². The Balaban J connectivity index is 2.60. The highest BCUT2D eigenvalue weighted by Gasteiger charge is 2.40. The first-order valence-corrected chi connectivity index (χ1v) is 7.41. The van der Waals surface area contributed by atoms with E-state index in [-0.39, 0.29) is 5.41 Å². The van der Waals surface area contributed by atoms with Crippen LogP contribution in [-0.2, 0) is 5.41 Å². The van der Waals surface area contributed by atoms with Crippen molar-refractivity contribution in [2.75, 3.05) is 13.7 Å². The molecule has 0 bridgehead atoms. The van der Waals surface area contributed by atoms with Crippen LogP contribution in [-0.4, -0.2) is 13.7 Å². The van der Waals surface area contributed by atoms with Gasteiger partial charge in [-0.1, -0.05) is 36.2 Å². The van der Waals surface area contributed by atoms with Gasteiger partial charge in [-0.05, 0) is 36.5 Å². The molecule has 1 aromatic carbocycles. The second-order valence-corrected chi connectivity index (χ2v) is 6.48. The lowest BCUT2D eigenvalue weighted by Crippen LogP contribution is -2.42. The fourth-order valence-corrected chi connectivity index (χ4v) is 3.42. The summed E-state index contributed by atoms with van der Waals surface area (Å²) in [6.45, 7) is 5.17. The molecular weight excluding hydrogens is 290 g/mol. The summed E-state index contributed by atoms with van der Waals surface area (Å²) in [5.41, 5.74) is 8.94. The van der Waals surface area contributed by atoms with Crippen LogP contribution in [0.2, 0.25) is 0 Å². The van der Waals surface area contributed by atoms with Crippen LogP contribution in [0.3, 0.4) is 0 Å². The van der Waals surface area contributed by atoms with Gasteiger partial charge in [0.15, 0.2) is 0 Å². The molecule has 1 fully saturated rings. The predicted octanol–water partition coefficient (Wildman–Crippen LogP) is 3.96. The largest absolute Gasteiger partial charge is 0.496 e. The Bertz CT molecular complexity index is 433. The molecule has 1 aromatic rings. The number of halogens is 1. The van der Waals surface area contributed by atoms with Crippen LogP contribution in [0, 0.1) is 0 Å². The van der Waals surface area contributed by atoms with Crippen LogP contribution in [0.15, 0.2) is 16.6 Å². The summed E-state index contributed by atoms with van der Waals surface area (Å²) in [5.74, 6) is 1.43. The van der Waals surface area contributed by atoms with E-state index in [2.05, 4.69) is 41.9 Å². The normalized spacial score (nSPS) is 17.7. The lowest BCUT2D eigenvalue weighted by atomic mass is 9.62. The van der Waals surface area contributed by atoms with Gasteiger partial charge in [0.25, 0.3) is 0 Å². The van der Waals surface area contributed by atoms with Gasteiger partial charge in [0, 0.05) is 22.0 Å². The third kappa shape index (κ3) is 2.19. The molecule has 0 atom stereocenters. The minimum Gasteiger partial charge on any atom is -0.496 e. The van der Waals surface area contributed by atoms with Crippen molar-refractivity contribution < 1.29 is 4.74 Å². The lowest BCUT2D eigenvalue weighted by molar-refractivity contribution is 0.249. The van der Waals surface area contributed by atoms with Gasteiger partial charge >= 0.3 is 0 Å². The Labute approximate surface area is 118 Å². The smallest absolute Gasteiger partial charge is 0.123 e. The molecule has 2 N–H and O–H groups in total. The maximum absolute atomic E-state index is 6.06. The lowest BCUT2D eigenvalue weighted by Gasteiger charge is -2.43. The average Bonchev–Trinajstić information content (AvgIpc) is 2.27. The van der Waals surface area contributed by atoms with Gasteiger partial charge in [-0.15, -0.1) is 0 Å². The molecular formula is C15H22BrNO. The molecule has 2 rings (SSSR count). The van der Waals surface area contributed by atoms with Crippen molar-refractivity contribution in [1.82, 2.24) is 0 Å². The fourth-order valence-electron chi connectivity index (χ4n) is 2.98. The highest BCUT2D eigenvalue weighted by Crippen LogP contribution is 2.48. The topological polar surface area (TPSA) is 35.2 Å². The van der Waals surface area contributed by atoms with Gasteiger partial charge in [0.05, 0.1) is 7.11 Å². The molecule has 0 aromatic heterocycles. The zero-order valence-corrected chi connectivity index (χ0v) is 13.0. The van der Waals surface area contributed by atoms with E-state index < -0.39 is 0 Å². The van der Waals surface area contributed by atoms with Crippen molar-refractivity contribution in [3.63, 3.8) is 0 Å². The zero-order chi connectivity index (χ0) is 13.3. The van der Waals surface area contributed by atoms with Crippen molar-refractivity contribution in [3.05, 3.63) is 27.7 Å². The van der Waals surface area contributed by atoms with E-state index in [1.54, 1.807) is 7.11 Å². The first-order valence-electron chi connectivity index (χ1n) is 6.62. The Kier molecular flexibility index (Phi) is 4.02. The van der Waals surface area contributed by atoms with Gasteiger partial charge in [0.2, 0.25) is 0 Å². The summed E-state index contributed by atoms with van der Waals surface area (Å²) in [4.78, 5) is 0. The number of rotatable bonds is 4. The summed E-state index contributed by atoms with van der Waals surface area (Å²) in [6.07, 6.45) is 3.68. The molecule has 1 saturated carbocycles. The van der Waals surface area contributed by atoms with Crippen molar-refractivity contribution >= 4 is 15.9 Å². The van der Waals surface area contributed by atoms with Crippen LogP contribution in [0.25, 0.3) is 0 Å². The number of ether oxygens (including phenoxy) is 1. The standard InChI is InChI=1S/C15H22BrNO/c1-10(2)14-12(15(9-17)5-4-6-15)7-11(16)8-13(14)18-3/h7-8,10H,4-6,9,17H2,1-3H3. The number of benzene rings is 1. The van der Waals surface area contributed by atoms with E-state index in [1.165, 1.54) is 30.4 Å². The first-order chi connectivity index (χ1) is 8.54. The van der Waals surface area contributed by atoms with E-state index in [4.69, 9.17) is 10.5 Å². The molecule has 0 spiro atoms. The predicted molar refractivity (Wildman–Crippen MR) is 79.4 cm³/mol. The molecule has 18 heavy (non-hydrogen) atoms. The number of methoxy groups -OCH3 is 1. The van der Waals surface area contributed by atoms with Gasteiger partial charge in [-0.25, -0.2) is 0 Å². The van der Waals surface area contributed by atoms with Crippen molar-refractivity contribution in [3.8, 4) is 5.75 Å². The van der Waals surface area contributed by atoms with Gasteiger partial charge in [0.1, 0.15) is 5.75 Å². The molecule has 3 heteroatoms. The van der Waals surface area contributed by atoms with E-state index in [1.807, 2.05) is 0 Å². The molecule has 0 aliphatic heterocycles. The van der Waals surface area contributed by atoms with Gasteiger partial charge in [-0.3, -0.25) is 0 Å². The summed E-state index contributed by atoms with van der Waals surface area (Å²) in [7, 11) is 1.74. The first kappa shape index (κ1) is 13.9. The van der Waals surface area contributed by atoms with Crippen LogP contribution in [0.5, 0.6) is 5.75 Å². The third-order valence-electron chi connectivity index (χ3n) is 4.18. The SMILES string of the molecule is COc1cc(Br)cc(C2(CN)CCC2)c1C(C)C. The Morgan fingerprint density at radius 3 is 2.44 bits per heavy atom. The summed E-state index contributed by atoms with van der Waals surface area (Å²) in [5, 5.41) is 0. The number of hydrogen-bond donors (Lipinski definition) is 1. The van der Waals surface area contributed by atoms with Crippen LogP contribution in [0.1, 0.15) is 50.2 Å². The average molecular weight is 312 g/mol. The zero-order valence-electron chi connectivity index (χ0n) is 11.4. The Morgan fingerprint density at radius 1 is 1.39 bits per heavy atom.